The lowest BCUT2D eigenvalue weighted by molar-refractivity contribution is 0.590. The average molecular weight is 259 g/mol. The van der Waals surface area contributed by atoms with E-state index in [-0.39, 0.29) is 0 Å². The molecule has 1 unspecified atom stereocenters. The number of hydrogen-bond acceptors (Lipinski definition) is 3. The van der Waals surface area contributed by atoms with Crippen LogP contribution in [0.15, 0.2) is 34.5 Å². The highest BCUT2D eigenvalue weighted by atomic mass is 32.1. The van der Waals surface area contributed by atoms with E-state index in [9.17, 15) is 0 Å². The van der Waals surface area contributed by atoms with Gasteiger partial charge in [0.15, 0.2) is 5.69 Å². The van der Waals surface area contributed by atoms with Crippen molar-refractivity contribution in [3.05, 3.63) is 29.8 Å². The maximum Gasteiger partial charge on any atom is 0.253 e. The van der Waals surface area contributed by atoms with Crippen molar-refractivity contribution in [1.82, 2.24) is 9.80 Å². The second-order valence-corrected chi connectivity index (χ2v) is 4.95. The minimum Gasteiger partial charge on any atom is -0.365 e. The van der Waals surface area contributed by atoms with Crippen LogP contribution >= 0.6 is 12.2 Å². The topological polar surface area (TPSA) is 36.8 Å². The molecule has 0 fully saturated rings. The molecule has 1 aromatic rings. The quantitative estimate of drug-likeness (QED) is 0.652. The predicted molar refractivity (Wildman–Crippen MR) is 79.0 cm³/mol. The molecule has 2 aliphatic rings. The zero-order valence-electron chi connectivity index (χ0n) is 10.3. The molecular formula is C13H15N4S+. The Labute approximate surface area is 112 Å². The highest BCUT2D eigenvalue weighted by molar-refractivity contribution is 7.80. The van der Waals surface area contributed by atoms with E-state index in [0.717, 1.165) is 29.4 Å². The molecule has 1 atom stereocenters. The van der Waals surface area contributed by atoms with Crippen molar-refractivity contribution >= 4 is 35.1 Å². The third-order valence-corrected chi connectivity index (χ3v) is 3.81. The molecule has 3 rings (SSSR count). The zero-order valence-corrected chi connectivity index (χ0v) is 11.1. The summed E-state index contributed by atoms with van der Waals surface area (Å²) < 4.78 is 0.611. The number of benzene rings is 1. The van der Waals surface area contributed by atoms with Gasteiger partial charge in [-0.25, -0.2) is 0 Å². The lowest BCUT2D eigenvalue weighted by Gasteiger charge is -2.29. The Bertz CT molecular complexity index is 564. The van der Waals surface area contributed by atoms with Crippen molar-refractivity contribution in [2.45, 2.75) is 13.3 Å². The summed E-state index contributed by atoms with van der Waals surface area (Å²) in [6, 6.07) is 8.25. The molecule has 0 aromatic heterocycles. The van der Waals surface area contributed by atoms with E-state index in [2.05, 4.69) is 34.6 Å². The van der Waals surface area contributed by atoms with E-state index >= 15 is 0 Å². The van der Waals surface area contributed by atoms with Gasteiger partial charge in [0.2, 0.25) is 6.34 Å². The maximum absolute atomic E-state index is 5.44. The summed E-state index contributed by atoms with van der Waals surface area (Å²) in [6.07, 6.45) is 2.99. The van der Waals surface area contributed by atoms with Gasteiger partial charge in [-0.05, 0) is 12.5 Å². The summed E-state index contributed by atoms with van der Waals surface area (Å²) in [7, 11) is 0. The normalized spacial score (nSPS) is 24.9. The second-order valence-electron chi connectivity index (χ2n) is 4.54. The first-order valence-electron chi connectivity index (χ1n) is 6.15. The van der Waals surface area contributed by atoms with Gasteiger partial charge in [0.05, 0.1) is 12.1 Å². The number of hydrogen-bond donors (Lipinski definition) is 1. The molecule has 92 valence electrons. The molecule has 2 heterocycles. The Morgan fingerprint density at radius 1 is 1.39 bits per heavy atom. The van der Waals surface area contributed by atoms with E-state index in [1.807, 2.05) is 18.5 Å². The highest BCUT2D eigenvalue weighted by Crippen LogP contribution is 2.31. The fraction of sp³-hybridized carbons (Fsp3) is 0.308. The van der Waals surface area contributed by atoms with Crippen LogP contribution < -0.4 is 9.80 Å². The Morgan fingerprint density at radius 2 is 2.22 bits per heavy atom. The number of para-hydroxylation sites is 1. The second kappa shape index (κ2) is 4.26. The van der Waals surface area contributed by atoms with Crippen LogP contribution in [-0.2, 0) is 0 Å². The molecule has 1 N–H and O–H groups in total. The number of fused-ring (bicyclic) bond motifs is 3. The summed E-state index contributed by atoms with van der Waals surface area (Å²) >= 11 is 5.44. The fourth-order valence-corrected chi connectivity index (χ4v) is 2.88. The molecule has 2 aliphatic heterocycles. The fourth-order valence-electron chi connectivity index (χ4n) is 2.63. The van der Waals surface area contributed by atoms with Crippen molar-refractivity contribution in [3.63, 3.8) is 0 Å². The van der Waals surface area contributed by atoms with Gasteiger partial charge in [-0.2, -0.15) is 4.48 Å². The number of thiocarbonyl (C=S) groups is 1. The van der Waals surface area contributed by atoms with Gasteiger partial charge >= 0.3 is 0 Å². The molecule has 0 saturated heterocycles. The number of rotatable bonds is 2. The van der Waals surface area contributed by atoms with Crippen LogP contribution in [0.3, 0.4) is 0 Å². The van der Waals surface area contributed by atoms with Crippen LogP contribution in [0.1, 0.15) is 18.9 Å². The summed E-state index contributed by atoms with van der Waals surface area (Å²) in [6.45, 7) is 3.80. The van der Waals surface area contributed by atoms with E-state index in [4.69, 9.17) is 12.2 Å². The summed E-state index contributed by atoms with van der Waals surface area (Å²) in [5.41, 5.74) is 2.26. The Balaban J connectivity index is 2.24. The highest BCUT2D eigenvalue weighted by Gasteiger charge is 2.42. The van der Waals surface area contributed by atoms with Crippen LogP contribution in [-0.4, -0.2) is 30.3 Å². The lowest BCUT2D eigenvalue weighted by atomic mass is 10.1. The minimum atomic E-state index is 0.611. The van der Waals surface area contributed by atoms with Crippen LogP contribution in [0, 0.1) is 0 Å². The van der Waals surface area contributed by atoms with Crippen molar-refractivity contribution < 1.29 is 0 Å². The number of nitrogens with one attached hydrogen (secondary N) is 1. The Hall–Kier alpha value is -1.59. The molecule has 0 saturated carbocycles. The molecule has 0 radical (unpaired) electrons. The van der Waals surface area contributed by atoms with Gasteiger partial charge in [-0.3, -0.25) is 0 Å². The third-order valence-electron chi connectivity index (χ3n) is 3.44. The molecule has 0 bridgehead atoms. The van der Waals surface area contributed by atoms with Gasteiger partial charge in [0.25, 0.3) is 5.84 Å². The van der Waals surface area contributed by atoms with Gasteiger partial charge in [0, 0.05) is 6.07 Å². The molecule has 18 heavy (non-hydrogen) atoms. The number of quaternary nitrogens is 1. The molecule has 4 nitrogen and oxygen atoms in total. The van der Waals surface area contributed by atoms with Gasteiger partial charge in [-0.15, -0.1) is 0 Å². The Morgan fingerprint density at radius 3 is 3.06 bits per heavy atom. The Kier molecular flexibility index (Phi) is 2.72. The first-order valence-corrected chi connectivity index (χ1v) is 6.56. The average Bonchev–Trinajstić information content (AvgIpc) is 2.76. The van der Waals surface area contributed by atoms with Gasteiger partial charge in [-0.1, -0.05) is 41.5 Å². The van der Waals surface area contributed by atoms with E-state index in [0.29, 0.717) is 11.0 Å². The van der Waals surface area contributed by atoms with Crippen molar-refractivity contribution in [2.75, 3.05) is 13.1 Å². The largest absolute Gasteiger partial charge is 0.365 e. The van der Waals surface area contributed by atoms with Gasteiger partial charge in [0.1, 0.15) is 11.5 Å². The van der Waals surface area contributed by atoms with E-state index < -0.39 is 0 Å². The first kappa shape index (κ1) is 11.5. The molecule has 0 amide bonds. The van der Waals surface area contributed by atoms with E-state index in [1.165, 1.54) is 5.69 Å². The third kappa shape index (κ3) is 1.51. The van der Waals surface area contributed by atoms with Crippen molar-refractivity contribution in [2.24, 2.45) is 10.2 Å². The van der Waals surface area contributed by atoms with Crippen LogP contribution in [0.4, 0.5) is 5.69 Å². The SMILES string of the molecule is CCC[N+]12C=NN=C1CNC(=S)c1ccccc12. The summed E-state index contributed by atoms with van der Waals surface area (Å²) in [4.78, 5) is 0.796. The van der Waals surface area contributed by atoms with Gasteiger partial charge < -0.3 is 5.32 Å². The van der Waals surface area contributed by atoms with Crippen LogP contribution in [0.2, 0.25) is 0 Å². The molecule has 5 heteroatoms. The molecule has 1 aromatic carbocycles. The van der Waals surface area contributed by atoms with Crippen LogP contribution in [0.25, 0.3) is 0 Å². The standard InChI is InChI=1S/C13H14N4S/c1-2-7-17-9-15-16-12(17)8-14-13(18)10-5-3-4-6-11(10)17/h3-6,9H,2,7-8H2,1H3/p+1. The smallest absolute Gasteiger partial charge is 0.253 e. The predicted octanol–water partition coefficient (Wildman–Crippen LogP) is 2.04. The van der Waals surface area contributed by atoms with Crippen molar-refractivity contribution in [3.8, 4) is 0 Å². The first-order chi connectivity index (χ1) is 8.78. The summed E-state index contributed by atoms with van der Waals surface area (Å²) in [5.74, 6) is 1.02. The minimum absolute atomic E-state index is 0.611. The maximum atomic E-state index is 5.44. The zero-order chi connectivity index (χ0) is 12.6. The number of nitrogens with zero attached hydrogens (tertiary/aromatic N) is 3. The van der Waals surface area contributed by atoms with E-state index in [1.54, 1.807) is 0 Å². The molecular weight excluding hydrogens is 244 g/mol. The van der Waals surface area contributed by atoms with Crippen LogP contribution in [0.5, 0.6) is 0 Å². The monoisotopic (exact) mass is 259 g/mol. The molecule has 0 spiro atoms. The molecule has 0 aliphatic carbocycles. The summed E-state index contributed by atoms with van der Waals surface area (Å²) in [5, 5.41) is 11.7. The lowest BCUT2D eigenvalue weighted by Crippen LogP contribution is -2.53. The number of amidine groups is 1. The van der Waals surface area contributed by atoms with Crippen molar-refractivity contribution in [1.29, 1.82) is 0 Å².